The lowest BCUT2D eigenvalue weighted by molar-refractivity contribution is -0.137. The molecule has 1 saturated carbocycles. The van der Waals surface area contributed by atoms with Crippen LogP contribution in [0, 0.1) is 11.7 Å². The van der Waals surface area contributed by atoms with Crippen molar-refractivity contribution >= 4 is 40.7 Å². The van der Waals surface area contributed by atoms with Crippen LogP contribution in [0.3, 0.4) is 0 Å². The van der Waals surface area contributed by atoms with E-state index < -0.39 is 17.8 Å². The Morgan fingerprint density at radius 3 is 2.43 bits per heavy atom. The van der Waals surface area contributed by atoms with E-state index in [0.717, 1.165) is 49.5 Å². The van der Waals surface area contributed by atoms with Gasteiger partial charge in [-0.3, -0.25) is 4.79 Å². The van der Waals surface area contributed by atoms with E-state index in [2.05, 4.69) is 29.4 Å². The fourth-order valence-corrected chi connectivity index (χ4v) is 5.10. The van der Waals surface area contributed by atoms with Crippen LogP contribution in [0.25, 0.3) is 0 Å². The quantitative estimate of drug-likeness (QED) is 0.286. The molecule has 3 rings (SSSR count). The first kappa shape index (κ1) is 28.7. The monoisotopic (exact) mass is 533 g/mol. The van der Waals surface area contributed by atoms with Gasteiger partial charge in [0.1, 0.15) is 5.82 Å². The first-order valence-corrected chi connectivity index (χ1v) is 13.2. The maximum absolute atomic E-state index is 14.3. The molecular formula is C28H37ClFN3O4. The minimum Gasteiger partial charge on any atom is -0.481 e. The predicted molar refractivity (Wildman–Crippen MR) is 146 cm³/mol. The van der Waals surface area contributed by atoms with Gasteiger partial charge in [-0.05, 0) is 54.7 Å². The van der Waals surface area contributed by atoms with Crippen LogP contribution >= 0.6 is 11.6 Å². The summed E-state index contributed by atoms with van der Waals surface area (Å²) in [5, 5.41) is 15.1. The van der Waals surface area contributed by atoms with Gasteiger partial charge in [-0.1, -0.05) is 50.8 Å². The number of rotatable bonds is 11. The van der Waals surface area contributed by atoms with Crippen molar-refractivity contribution in [1.29, 1.82) is 0 Å². The van der Waals surface area contributed by atoms with Gasteiger partial charge in [0.2, 0.25) is 0 Å². The zero-order valence-electron chi connectivity index (χ0n) is 21.7. The van der Waals surface area contributed by atoms with Gasteiger partial charge in [-0.15, -0.1) is 0 Å². The molecule has 0 heterocycles. The number of hydrogen-bond donors (Lipinski definition) is 3. The third-order valence-electron chi connectivity index (χ3n) is 6.60. The number of halogens is 2. The summed E-state index contributed by atoms with van der Waals surface area (Å²) in [7, 11) is 1.53. The molecule has 0 radical (unpaired) electrons. The van der Waals surface area contributed by atoms with E-state index in [-0.39, 0.29) is 29.7 Å². The topological polar surface area (TPSA) is 90.9 Å². The molecule has 202 valence electrons. The van der Waals surface area contributed by atoms with Crippen molar-refractivity contribution < 1.29 is 23.8 Å². The highest BCUT2D eigenvalue weighted by atomic mass is 35.5. The molecule has 0 spiro atoms. The number of carbonyl (C=O) groups is 2. The summed E-state index contributed by atoms with van der Waals surface area (Å²) in [6, 6.07) is 9.47. The molecule has 1 aliphatic rings. The van der Waals surface area contributed by atoms with E-state index in [1.807, 2.05) is 18.2 Å². The lowest BCUT2D eigenvalue weighted by atomic mass is 9.91. The Morgan fingerprint density at radius 2 is 1.81 bits per heavy atom. The van der Waals surface area contributed by atoms with Crippen molar-refractivity contribution in [2.24, 2.45) is 5.92 Å². The van der Waals surface area contributed by atoms with Gasteiger partial charge in [-0.25, -0.2) is 9.18 Å². The van der Waals surface area contributed by atoms with Crippen LogP contribution < -0.4 is 15.5 Å². The Balaban J connectivity index is 1.99. The van der Waals surface area contributed by atoms with Crippen LogP contribution in [0.2, 0.25) is 5.02 Å². The highest BCUT2D eigenvalue weighted by Gasteiger charge is 2.26. The fourth-order valence-electron chi connectivity index (χ4n) is 4.94. The highest BCUT2D eigenvalue weighted by molar-refractivity contribution is 6.30. The average Bonchev–Trinajstić information content (AvgIpc) is 2.84. The number of carbonyl (C=O) groups excluding carboxylic acids is 1. The maximum atomic E-state index is 14.3. The molecule has 0 aromatic heterocycles. The molecule has 1 atom stereocenters. The van der Waals surface area contributed by atoms with Crippen LogP contribution in [0.1, 0.15) is 63.9 Å². The van der Waals surface area contributed by atoms with Gasteiger partial charge >= 0.3 is 12.0 Å². The average molecular weight is 534 g/mol. The van der Waals surface area contributed by atoms with Crippen molar-refractivity contribution in [3.63, 3.8) is 0 Å². The zero-order valence-corrected chi connectivity index (χ0v) is 22.5. The van der Waals surface area contributed by atoms with E-state index in [4.69, 9.17) is 16.3 Å². The summed E-state index contributed by atoms with van der Waals surface area (Å²) < 4.78 is 19.6. The molecule has 1 aliphatic carbocycles. The summed E-state index contributed by atoms with van der Waals surface area (Å²) in [5.74, 6) is -1.57. The van der Waals surface area contributed by atoms with E-state index in [1.165, 1.54) is 25.7 Å². The van der Waals surface area contributed by atoms with Crippen LogP contribution in [0.4, 0.5) is 26.2 Å². The summed E-state index contributed by atoms with van der Waals surface area (Å²) in [4.78, 5) is 26.9. The van der Waals surface area contributed by atoms with E-state index in [0.29, 0.717) is 17.6 Å². The molecule has 2 amide bonds. The van der Waals surface area contributed by atoms with Gasteiger partial charge in [0.05, 0.1) is 30.1 Å². The van der Waals surface area contributed by atoms with E-state index >= 15 is 0 Å². The molecule has 1 fully saturated rings. The van der Waals surface area contributed by atoms with Crippen molar-refractivity contribution in [1.82, 2.24) is 0 Å². The smallest absolute Gasteiger partial charge is 0.323 e. The molecule has 7 nitrogen and oxygen atoms in total. The summed E-state index contributed by atoms with van der Waals surface area (Å²) in [6.45, 7) is 5.36. The molecule has 0 saturated heterocycles. The number of amides is 2. The summed E-state index contributed by atoms with van der Waals surface area (Å²) in [6.07, 6.45) is 5.57. The fraction of sp³-hybridized carbons (Fsp3) is 0.500. The lowest BCUT2D eigenvalue weighted by Gasteiger charge is -2.38. The Morgan fingerprint density at radius 1 is 1.11 bits per heavy atom. The number of nitrogens with zero attached hydrogens (tertiary/aromatic N) is 1. The van der Waals surface area contributed by atoms with Gasteiger partial charge in [-0.2, -0.15) is 0 Å². The lowest BCUT2D eigenvalue weighted by Crippen LogP contribution is -2.40. The number of aliphatic carboxylic acids is 1. The number of anilines is 3. The van der Waals surface area contributed by atoms with Crippen molar-refractivity contribution in [3.05, 3.63) is 52.8 Å². The number of carboxylic acid groups (broad SMARTS) is 1. The van der Waals surface area contributed by atoms with Gasteiger partial charge < -0.3 is 25.4 Å². The Hall–Kier alpha value is -2.84. The Kier molecular flexibility index (Phi) is 10.6. The minimum atomic E-state index is -0.930. The predicted octanol–water partition coefficient (Wildman–Crippen LogP) is 7.12. The second-order valence-corrected chi connectivity index (χ2v) is 10.5. The number of ether oxygens (including phenoxy) is 1. The number of urea groups is 1. The van der Waals surface area contributed by atoms with E-state index in [1.54, 1.807) is 0 Å². The molecule has 9 heteroatoms. The number of methoxy groups -OCH3 is 1. The first-order valence-electron chi connectivity index (χ1n) is 12.8. The van der Waals surface area contributed by atoms with Crippen molar-refractivity contribution in [3.8, 4) is 0 Å². The van der Waals surface area contributed by atoms with Crippen LogP contribution in [0.5, 0.6) is 0 Å². The van der Waals surface area contributed by atoms with Crippen LogP contribution in [-0.4, -0.2) is 43.4 Å². The zero-order chi connectivity index (χ0) is 26.9. The largest absolute Gasteiger partial charge is 0.481 e. The Labute approximate surface area is 223 Å². The van der Waals surface area contributed by atoms with Crippen molar-refractivity contribution in [2.75, 3.05) is 35.8 Å². The van der Waals surface area contributed by atoms with Crippen molar-refractivity contribution in [2.45, 2.75) is 64.3 Å². The summed E-state index contributed by atoms with van der Waals surface area (Å²) in [5.41, 5.74) is 2.16. The standard InChI is InChI=1S/C28H37ClFN3O4/c1-18(2)16-33(22-7-5-4-6-8-22)26-12-9-19(20(17-37-3)14-27(34)35)13-25(26)32-28(36)31-24-11-10-21(29)15-23(24)30/h9-13,15,18,20,22H,4-8,14,16-17H2,1-3H3,(H,34,35)(H2,31,32,36). The first-order chi connectivity index (χ1) is 17.7. The number of carboxylic acids is 1. The van der Waals surface area contributed by atoms with Crippen LogP contribution in [-0.2, 0) is 9.53 Å². The van der Waals surface area contributed by atoms with Gasteiger partial charge in [0.15, 0.2) is 0 Å². The number of hydrogen-bond acceptors (Lipinski definition) is 4. The number of benzene rings is 2. The van der Waals surface area contributed by atoms with Crippen LogP contribution in [0.15, 0.2) is 36.4 Å². The van der Waals surface area contributed by atoms with Gasteiger partial charge in [0.25, 0.3) is 0 Å². The summed E-state index contributed by atoms with van der Waals surface area (Å²) >= 11 is 5.84. The molecule has 2 aromatic carbocycles. The third kappa shape index (κ3) is 8.33. The molecule has 37 heavy (non-hydrogen) atoms. The normalized spacial score (nSPS) is 14.9. The maximum Gasteiger partial charge on any atom is 0.323 e. The molecule has 0 aliphatic heterocycles. The SMILES string of the molecule is COCC(CC(=O)O)c1ccc(N(CC(C)C)C2CCCCC2)c(NC(=O)Nc2ccc(Cl)cc2F)c1. The van der Waals surface area contributed by atoms with Gasteiger partial charge in [0, 0.05) is 30.6 Å². The molecule has 1 unspecified atom stereocenters. The second kappa shape index (κ2) is 13.6. The molecule has 3 N–H and O–H groups in total. The third-order valence-corrected chi connectivity index (χ3v) is 6.83. The molecule has 0 bridgehead atoms. The number of nitrogens with one attached hydrogen (secondary N) is 2. The molecular weight excluding hydrogens is 497 g/mol. The second-order valence-electron chi connectivity index (χ2n) is 10.1. The molecule has 2 aromatic rings. The highest BCUT2D eigenvalue weighted by Crippen LogP contribution is 2.36. The minimum absolute atomic E-state index is 0.00839. The van der Waals surface area contributed by atoms with E-state index in [9.17, 15) is 19.1 Å². The Bertz CT molecular complexity index is 1080.